The van der Waals surface area contributed by atoms with E-state index in [0.717, 1.165) is 22.4 Å². The zero-order valence-electron chi connectivity index (χ0n) is 27.4. The lowest BCUT2D eigenvalue weighted by Crippen LogP contribution is -1.93. The molecule has 234 valence electrons. The van der Waals surface area contributed by atoms with E-state index in [1.165, 1.54) is 66.1 Å². The van der Waals surface area contributed by atoms with Crippen molar-refractivity contribution in [2.24, 2.45) is 0 Å². The number of nitrogens with zero attached hydrogens (tertiary/aromatic N) is 2. The molecule has 7 aromatic carbocycles. The first-order chi connectivity index (χ1) is 24.8. The Labute approximate surface area is 292 Å². The second-order valence-electron chi connectivity index (χ2n) is 12.6. The number of aromatic nitrogens is 2. The molecule has 0 aliphatic carbocycles. The molecule has 2 aromatic heterocycles. The van der Waals surface area contributed by atoms with Crippen LogP contribution < -0.4 is 0 Å². The van der Waals surface area contributed by atoms with Gasteiger partial charge in [-0.05, 0) is 95.9 Å². The highest BCUT2D eigenvalue weighted by Crippen LogP contribution is 2.45. The Morgan fingerprint density at radius 1 is 0.280 bits per heavy atom. The van der Waals surface area contributed by atoms with E-state index < -0.39 is 0 Å². The molecule has 0 aliphatic rings. The van der Waals surface area contributed by atoms with E-state index in [9.17, 15) is 0 Å². The van der Waals surface area contributed by atoms with Gasteiger partial charge in [-0.2, -0.15) is 0 Å². The fraction of sp³-hybridized carbons (Fsp3) is 0. The van der Waals surface area contributed by atoms with Crippen LogP contribution in [0.15, 0.2) is 195 Å². The molecular weight excluding hydrogens is 605 g/mol. The summed E-state index contributed by atoms with van der Waals surface area (Å²) in [5.41, 5.74) is 13.9. The molecule has 0 spiro atoms. The summed E-state index contributed by atoms with van der Waals surface area (Å²) in [6.45, 7) is 0. The minimum atomic E-state index is 0.942. The Hall–Kier alpha value is -6.64. The third kappa shape index (κ3) is 5.43. The number of benzene rings is 7. The van der Waals surface area contributed by atoms with E-state index in [2.05, 4.69) is 169 Å². The van der Waals surface area contributed by atoms with Crippen molar-refractivity contribution in [1.82, 2.24) is 9.97 Å². The Morgan fingerprint density at radius 3 is 1.24 bits per heavy atom. The van der Waals surface area contributed by atoms with Crippen molar-refractivity contribution < 1.29 is 0 Å². The van der Waals surface area contributed by atoms with E-state index >= 15 is 0 Å². The van der Waals surface area contributed by atoms with E-state index in [1.54, 1.807) is 0 Å². The summed E-state index contributed by atoms with van der Waals surface area (Å²) in [6, 6.07) is 63.2. The van der Waals surface area contributed by atoms with Gasteiger partial charge in [0.05, 0.1) is 5.69 Å². The van der Waals surface area contributed by atoms with Gasteiger partial charge in [-0.3, -0.25) is 9.97 Å². The third-order valence-electron chi connectivity index (χ3n) is 9.66. The average molecular weight is 637 g/mol. The predicted molar refractivity (Wildman–Crippen MR) is 210 cm³/mol. The monoisotopic (exact) mass is 636 g/mol. The standard InChI is InChI=1S/C48H32N2/c1-3-9-33(10-4-1)35-15-19-38(20-16-35)47-42-13-7-8-14-43(42)48(39-21-17-36(18-22-39)34-11-5-2-6-12-34)45-31-40(23-25-44(45)47)46-26-24-41(32-50-46)37-27-29-49-30-28-37/h1-32H. The average Bonchev–Trinajstić information content (AvgIpc) is 3.21. The first-order valence-corrected chi connectivity index (χ1v) is 17.0. The van der Waals surface area contributed by atoms with Gasteiger partial charge in [0, 0.05) is 29.7 Å². The van der Waals surface area contributed by atoms with Crippen LogP contribution in [0.25, 0.3) is 88.4 Å². The lowest BCUT2D eigenvalue weighted by atomic mass is 9.84. The van der Waals surface area contributed by atoms with Crippen LogP contribution >= 0.6 is 0 Å². The number of pyridine rings is 2. The lowest BCUT2D eigenvalue weighted by Gasteiger charge is -2.19. The summed E-state index contributed by atoms with van der Waals surface area (Å²) in [4.78, 5) is 9.11. The molecule has 0 fully saturated rings. The second kappa shape index (κ2) is 12.8. The van der Waals surface area contributed by atoms with Crippen LogP contribution in [0.4, 0.5) is 0 Å². The summed E-state index contributed by atoms with van der Waals surface area (Å²) in [5.74, 6) is 0. The van der Waals surface area contributed by atoms with Gasteiger partial charge in [0.1, 0.15) is 0 Å². The smallest absolute Gasteiger partial charge is 0.0702 e. The van der Waals surface area contributed by atoms with Crippen molar-refractivity contribution in [2.75, 3.05) is 0 Å². The molecule has 2 heterocycles. The first kappa shape index (κ1) is 29.5. The van der Waals surface area contributed by atoms with Gasteiger partial charge in [0.25, 0.3) is 0 Å². The fourth-order valence-electron chi connectivity index (χ4n) is 7.16. The summed E-state index contributed by atoms with van der Waals surface area (Å²) in [6.07, 6.45) is 5.59. The van der Waals surface area contributed by atoms with Crippen molar-refractivity contribution in [3.8, 4) is 66.9 Å². The van der Waals surface area contributed by atoms with Gasteiger partial charge in [0.15, 0.2) is 0 Å². The van der Waals surface area contributed by atoms with Gasteiger partial charge < -0.3 is 0 Å². The van der Waals surface area contributed by atoms with Crippen molar-refractivity contribution in [3.05, 3.63) is 195 Å². The highest BCUT2D eigenvalue weighted by atomic mass is 14.7. The minimum Gasteiger partial charge on any atom is -0.265 e. The van der Waals surface area contributed by atoms with E-state index in [0.29, 0.717) is 0 Å². The predicted octanol–water partition coefficient (Wildman–Crippen LogP) is 12.8. The van der Waals surface area contributed by atoms with Crippen LogP contribution in [-0.2, 0) is 0 Å². The molecule has 0 amide bonds. The molecule has 0 saturated carbocycles. The highest BCUT2D eigenvalue weighted by molar-refractivity contribution is 6.22. The van der Waals surface area contributed by atoms with Crippen molar-refractivity contribution in [3.63, 3.8) is 0 Å². The topological polar surface area (TPSA) is 25.8 Å². The summed E-state index contributed by atoms with van der Waals surface area (Å²) in [7, 11) is 0. The van der Waals surface area contributed by atoms with Crippen LogP contribution in [-0.4, -0.2) is 9.97 Å². The minimum absolute atomic E-state index is 0.942. The molecule has 0 bridgehead atoms. The van der Waals surface area contributed by atoms with E-state index in [4.69, 9.17) is 4.98 Å². The molecule has 2 heteroatoms. The molecule has 0 N–H and O–H groups in total. The van der Waals surface area contributed by atoms with Crippen molar-refractivity contribution in [1.29, 1.82) is 0 Å². The number of rotatable bonds is 6. The maximum absolute atomic E-state index is 4.94. The Bertz CT molecular complexity index is 2580. The van der Waals surface area contributed by atoms with Crippen LogP contribution in [0.1, 0.15) is 0 Å². The summed E-state index contributed by atoms with van der Waals surface area (Å²) >= 11 is 0. The molecular formula is C48H32N2. The molecule has 0 atom stereocenters. The first-order valence-electron chi connectivity index (χ1n) is 17.0. The van der Waals surface area contributed by atoms with Crippen LogP contribution in [0, 0.1) is 0 Å². The molecule has 0 saturated heterocycles. The highest BCUT2D eigenvalue weighted by Gasteiger charge is 2.18. The quantitative estimate of drug-likeness (QED) is 0.170. The van der Waals surface area contributed by atoms with Crippen molar-refractivity contribution in [2.45, 2.75) is 0 Å². The van der Waals surface area contributed by atoms with Crippen LogP contribution in [0.3, 0.4) is 0 Å². The lowest BCUT2D eigenvalue weighted by molar-refractivity contribution is 1.30. The van der Waals surface area contributed by atoms with Crippen molar-refractivity contribution >= 4 is 21.5 Å². The molecule has 2 nitrogen and oxygen atoms in total. The SMILES string of the molecule is c1ccc(-c2ccc(-c3c4ccccc4c(-c4ccc(-c5ccccc5)cc4)c4cc(-c5ccc(-c6ccncc6)cn5)ccc34)cc2)cc1. The zero-order valence-corrected chi connectivity index (χ0v) is 27.4. The molecule has 0 aliphatic heterocycles. The van der Waals surface area contributed by atoms with E-state index in [-0.39, 0.29) is 0 Å². The Morgan fingerprint density at radius 2 is 0.700 bits per heavy atom. The Kier molecular flexibility index (Phi) is 7.53. The largest absolute Gasteiger partial charge is 0.265 e. The second-order valence-corrected chi connectivity index (χ2v) is 12.6. The van der Waals surface area contributed by atoms with Crippen LogP contribution in [0.2, 0.25) is 0 Å². The summed E-state index contributed by atoms with van der Waals surface area (Å²) in [5, 5.41) is 4.89. The molecule has 0 radical (unpaired) electrons. The molecule has 0 unspecified atom stereocenters. The fourth-order valence-corrected chi connectivity index (χ4v) is 7.16. The van der Waals surface area contributed by atoms with Gasteiger partial charge in [-0.25, -0.2) is 0 Å². The van der Waals surface area contributed by atoms with Gasteiger partial charge in [-0.15, -0.1) is 0 Å². The molecule has 9 aromatic rings. The van der Waals surface area contributed by atoms with Gasteiger partial charge in [-0.1, -0.05) is 152 Å². The van der Waals surface area contributed by atoms with E-state index in [1.807, 2.05) is 30.7 Å². The number of fused-ring (bicyclic) bond motifs is 2. The number of hydrogen-bond acceptors (Lipinski definition) is 2. The maximum atomic E-state index is 4.94. The molecule has 50 heavy (non-hydrogen) atoms. The van der Waals surface area contributed by atoms with Gasteiger partial charge >= 0.3 is 0 Å². The zero-order chi connectivity index (χ0) is 33.3. The molecule has 9 rings (SSSR count). The van der Waals surface area contributed by atoms with Crippen LogP contribution in [0.5, 0.6) is 0 Å². The third-order valence-corrected chi connectivity index (χ3v) is 9.66. The maximum Gasteiger partial charge on any atom is 0.0702 e. The summed E-state index contributed by atoms with van der Waals surface area (Å²) < 4.78 is 0. The van der Waals surface area contributed by atoms with Gasteiger partial charge in [0.2, 0.25) is 0 Å². The number of hydrogen-bond donors (Lipinski definition) is 0. The normalized spacial score (nSPS) is 11.2. The Balaban J connectivity index is 1.25.